The molecule has 1 aromatic heterocycles. The normalized spacial score (nSPS) is 10.3. The Morgan fingerprint density at radius 3 is 2.67 bits per heavy atom. The van der Waals surface area contributed by atoms with Crippen molar-refractivity contribution >= 4 is 5.91 Å². The van der Waals surface area contributed by atoms with Crippen LogP contribution in [0.5, 0.6) is 5.75 Å². The van der Waals surface area contributed by atoms with Gasteiger partial charge in [-0.05, 0) is 30.7 Å². The largest absolute Gasteiger partial charge is 0.494 e. The van der Waals surface area contributed by atoms with Gasteiger partial charge in [-0.2, -0.15) is 15.4 Å². The minimum Gasteiger partial charge on any atom is -0.494 e. The molecule has 2 rings (SSSR count). The topological polar surface area (TPSA) is 93.9 Å². The number of carbonyl (C=O) groups is 1. The third-order valence-electron chi connectivity index (χ3n) is 2.38. The Morgan fingerprint density at radius 2 is 2.06 bits per heavy atom. The Morgan fingerprint density at radius 1 is 1.33 bits per heavy atom. The number of primary amides is 1. The van der Waals surface area contributed by atoms with Gasteiger partial charge in [0.1, 0.15) is 11.4 Å². The van der Waals surface area contributed by atoms with Crippen molar-refractivity contribution in [3.63, 3.8) is 0 Å². The number of carbonyl (C=O) groups excluding carboxylic acids is 1. The molecule has 0 radical (unpaired) electrons. The third kappa shape index (κ3) is 2.48. The molecular weight excluding hydrogens is 232 g/mol. The van der Waals surface area contributed by atoms with Crippen LogP contribution in [0, 0.1) is 0 Å². The van der Waals surface area contributed by atoms with Gasteiger partial charge >= 0.3 is 0 Å². The van der Waals surface area contributed by atoms with Gasteiger partial charge < -0.3 is 10.5 Å². The molecule has 0 bridgehead atoms. The van der Waals surface area contributed by atoms with Crippen LogP contribution in [0.1, 0.15) is 23.8 Å². The van der Waals surface area contributed by atoms with Gasteiger partial charge in [0.15, 0.2) is 5.69 Å². The Bertz CT molecular complexity index is 533. The van der Waals surface area contributed by atoms with E-state index in [1.165, 1.54) is 0 Å². The lowest BCUT2D eigenvalue weighted by Gasteiger charge is -2.04. The second-order valence-electron chi connectivity index (χ2n) is 3.76. The van der Waals surface area contributed by atoms with Crippen molar-refractivity contribution in [1.29, 1.82) is 0 Å². The molecule has 3 N–H and O–H groups in total. The number of hydrogen-bond donors (Lipinski definition) is 2. The first-order valence-corrected chi connectivity index (χ1v) is 5.66. The van der Waals surface area contributed by atoms with Crippen molar-refractivity contribution in [2.45, 2.75) is 13.3 Å². The zero-order chi connectivity index (χ0) is 13.0. The molecule has 0 atom stereocenters. The highest BCUT2D eigenvalue weighted by molar-refractivity contribution is 5.96. The molecule has 1 aromatic carbocycles. The summed E-state index contributed by atoms with van der Waals surface area (Å²) in [6.07, 6.45) is 0.955. The molecule has 2 aromatic rings. The van der Waals surface area contributed by atoms with Gasteiger partial charge in [0.05, 0.1) is 6.61 Å². The second-order valence-corrected chi connectivity index (χ2v) is 3.76. The van der Waals surface area contributed by atoms with Crippen LogP contribution in [-0.4, -0.2) is 27.9 Å². The molecule has 0 aliphatic heterocycles. The predicted octanol–water partition coefficient (Wildman–Crippen LogP) is 1.36. The van der Waals surface area contributed by atoms with Gasteiger partial charge in [0.2, 0.25) is 0 Å². The van der Waals surface area contributed by atoms with Crippen LogP contribution in [0.15, 0.2) is 24.3 Å². The van der Waals surface area contributed by atoms with E-state index < -0.39 is 5.91 Å². The van der Waals surface area contributed by atoms with E-state index in [-0.39, 0.29) is 5.69 Å². The number of nitrogens with one attached hydrogen (secondary N) is 1. The van der Waals surface area contributed by atoms with Crippen LogP contribution >= 0.6 is 0 Å². The van der Waals surface area contributed by atoms with E-state index in [1.807, 2.05) is 31.2 Å². The molecule has 18 heavy (non-hydrogen) atoms. The zero-order valence-corrected chi connectivity index (χ0v) is 10.0. The number of nitrogens with two attached hydrogens (primary N) is 1. The SMILES string of the molecule is CCCOc1ccc(-c2n[nH]nc2C(N)=O)cc1. The van der Waals surface area contributed by atoms with Crippen molar-refractivity contribution in [1.82, 2.24) is 15.4 Å². The fourth-order valence-electron chi connectivity index (χ4n) is 1.53. The van der Waals surface area contributed by atoms with Crippen LogP contribution < -0.4 is 10.5 Å². The van der Waals surface area contributed by atoms with Crippen molar-refractivity contribution in [3.05, 3.63) is 30.0 Å². The first kappa shape index (κ1) is 12.1. The number of nitrogens with zero attached hydrogens (tertiary/aromatic N) is 2. The summed E-state index contributed by atoms with van der Waals surface area (Å²) in [5.41, 5.74) is 6.56. The standard InChI is InChI=1S/C12H14N4O2/c1-2-7-18-9-5-3-8(4-6-9)10-11(12(13)17)15-16-14-10/h3-6H,2,7H2,1H3,(H2,13,17)(H,14,15,16). The van der Waals surface area contributed by atoms with Gasteiger partial charge in [-0.15, -0.1) is 0 Å². The van der Waals surface area contributed by atoms with E-state index in [9.17, 15) is 4.79 Å². The number of amides is 1. The summed E-state index contributed by atoms with van der Waals surface area (Å²) in [4.78, 5) is 11.1. The number of ether oxygens (including phenoxy) is 1. The molecule has 1 amide bonds. The van der Waals surface area contributed by atoms with E-state index in [0.717, 1.165) is 17.7 Å². The van der Waals surface area contributed by atoms with Crippen LogP contribution in [-0.2, 0) is 0 Å². The van der Waals surface area contributed by atoms with Crippen LogP contribution in [0.4, 0.5) is 0 Å². The minimum atomic E-state index is -0.606. The molecule has 94 valence electrons. The molecule has 6 heteroatoms. The highest BCUT2D eigenvalue weighted by Crippen LogP contribution is 2.22. The van der Waals surface area contributed by atoms with Gasteiger partial charge in [0.25, 0.3) is 5.91 Å². The molecule has 0 fully saturated rings. The summed E-state index contributed by atoms with van der Waals surface area (Å²) in [6, 6.07) is 7.28. The van der Waals surface area contributed by atoms with Crippen molar-refractivity contribution in [3.8, 4) is 17.0 Å². The van der Waals surface area contributed by atoms with Gasteiger partial charge in [-0.25, -0.2) is 0 Å². The average molecular weight is 246 g/mol. The predicted molar refractivity (Wildman–Crippen MR) is 66.1 cm³/mol. The first-order chi connectivity index (χ1) is 8.72. The number of rotatable bonds is 5. The lowest BCUT2D eigenvalue weighted by atomic mass is 10.1. The summed E-state index contributed by atoms with van der Waals surface area (Å²) in [6.45, 7) is 2.72. The number of aromatic nitrogens is 3. The summed E-state index contributed by atoms with van der Waals surface area (Å²) in [5, 5.41) is 10.0. The molecule has 0 spiro atoms. The van der Waals surface area contributed by atoms with Crippen LogP contribution in [0.2, 0.25) is 0 Å². The molecular formula is C12H14N4O2. The van der Waals surface area contributed by atoms with Gasteiger partial charge in [-0.3, -0.25) is 4.79 Å². The summed E-state index contributed by atoms with van der Waals surface area (Å²) >= 11 is 0. The molecule has 1 heterocycles. The molecule has 0 unspecified atom stereocenters. The first-order valence-electron chi connectivity index (χ1n) is 5.66. The Balaban J connectivity index is 2.23. The number of benzene rings is 1. The minimum absolute atomic E-state index is 0.136. The highest BCUT2D eigenvalue weighted by atomic mass is 16.5. The zero-order valence-electron chi connectivity index (χ0n) is 10.0. The Labute approximate surface area is 104 Å². The van der Waals surface area contributed by atoms with E-state index >= 15 is 0 Å². The summed E-state index contributed by atoms with van der Waals surface area (Å²) in [7, 11) is 0. The lowest BCUT2D eigenvalue weighted by Crippen LogP contribution is -2.12. The number of H-pyrrole nitrogens is 1. The maximum atomic E-state index is 11.1. The molecule has 6 nitrogen and oxygen atoms in total. The molecule has 0 aliphatic rings. The fraction of sp³-hybridized carbons (Fsp3) is 0.250. The van der Waals surface area contributed by atoms with Crippen molar-refractivity contribution < 1.29 is 9.53 Å². The summed E-state index contributed by atoms with van der Waals surface area (Å²) in [5.74, 6) is 0.176. The van der Waals surface area contributed by atoms with E-state index in [0.29, 0.717) is 12.3 Å². The third-order valence-corrected chi connectivity index (χ3v) is 2.38. The lowest BCUT2D eigenvalue weighted by molar-refractivity contribution is 0.0996. The average Bonchev–Trinajstić information content (AvgIpc) is 2.86. The second kappa shape index (κ2) is 5.31. The van der Waals surface area contributed by atoms with E-state index in [2.05, 4.69) is 15.4 Å². The highest BCUT2D eigenvalue weighted by Gasteiger charge is 2.14. The van der Waals surface area contributed by atoms with Crippen molar-refractivity contribution in [2.24, 2.45) is 5.73 Å². The van der Waals surface area contributed by atoms with Crippen molar-refractivity contribution in [2.75, 3.05) is 6.61 Å². The monoisotopic (exact) mass is 246 g/mol. The van der Waals surface area contributed by atoms with E-state index in [4.69, 9.17) is 10.5 Å². The Kier molecular flexibility index (Phi) is 3.57. The van der Waals surface area contributed by atoms with Crippen LogP contribution in [0.25, 0.3) is 11.3 Å². The molecule has 0 saturated heterocycles. The smallest absolute Gasteiger partial charge is 0.271 e. The van der Waals surface area contributed by atoms with Crippen LogP contribution in [0.3, 0.4) is 0 Å². The summed E-state index contributed by atoms with van der Waals surface area (Å²) < 4.78 is 5.47. The van der Waals surface area contributed by atoms with E-state index in [1.54, 1.807) is 0 Å². The maximum absolute atomic E-state index is 11.1. The Hall–Kier alpha value is -2.37. The van der Waals surface area contributed by atoms with Gasteiger partial charge in [0, 0.05) is 5.56 Å². The molecule has 0 aliphatic carbocycles. The fourth-order valence-corrected chi connectivity index (χ4v) is 1.53. The number of hydrogen-bond acceptors (Lipinski definition) is 4. The quantitative estimate of drug-likeness (QED) is 0.832. The maximum Gasteiger partial charge on any atom is 0.271 e. The van der Waals surface area contributed by atoms with Gasteiger partial charge in [-0.1, -0.05) is 6.92 Å². The molecule has 0 saturated carbocycles. The number of aromatic amines is 1.